The summed E-state index contributed by atoms with van der Waals surface area (Å²) in [6, 6.07) is 0. The molecule has 0 aromatic carbocycles. The van der Waals surface area contributed by atoms with Gasteiger partial charge >= 0.3 is 0 Å². The van der Waals surface area contributed by atoms with Crippen LogP contribution in [0, 0.1) is 0 Å². The fraction of sp³-hybridized carbons (Fsp3) is 0.750. The lowest BCUT2D eigenvalue weighted by Crippen LogP contribution is -1.83. The summed E-state index contributed by atoms with van der Waals surface area (Å²) in [6.45, 7) is 5.91. The first-order valence-corrected chi connectivity index (χ1v) is 3.53. The summed E-state index contributed by atoms with van der Waals surface area (Å²) in [4.78, 5) is 0. The van der Waals surface area contributed by atoms with E-state index in [1.54, 1.807) is 7.11 Å². The predicted octanol–water partition coefficient (Wildman–Crippen LogP) is 2.73. The Labute approximate surface area is 57.7 Å². The van der Waals surface area contributed by atoms with Gasteiger partial charge in [-0.25, -0.2) is 0 Å². The topological polar surface area (TPSA) is 9.23 Å². The third-order valence-electron chi connectivity index (χ3n) is 1.35. The standard InChI is InChI=1S/C8H16O/c1-4-5-6-7-8(2)9-3/h2,4-7H2,1,3H3. The third kappa shape index (κ3) is 5.41. The number of hydrogen-bond donors (Lipinski definition) is 0. The van der Waals surface area contributed by atoms with Crippen molar-refractivity contribution < 1.29 is 4.74 Å². The van der Waals surface area contributed by atoms with Crippen molar-refractivity contribution in [2.45, 2.75) is 32.6 Å². The predicted molar refractivity (Wildman–Crippen MR) is 40.3 cm³/mol. The van der Waals surface area contributed by atoms with Gasteiger partial charge in [-0.3, -0.25) is 0 Å². The molecule has 0 spiro atoms. The molecule has 0 saturated carbocycles. The first-order valence-electron chi connectivity index (χ1n) is 3.53. The lowest BCUT2D eigenvalue weighted by atomic mass is 10.2. The molecule has 0 aliphatic carbocycles. The van der Waals surface area contributed by atoms with Crippen LogP contribution in [-0.4, -0.2) is 7.11 Å². The fourth-order valence-electron chi connectivity index (χ4n) is 0.674. The van der Waals surface area contributed by atoms with Crippen molar-refractivity contribution in [3.63, 3.8) is 0 Å². The Morgan fingerprint density at radius 1 is 1.44 bits per heavy atom. The number of methoxy groups -OCH3 is 1. The van der Waals surface area contributed by atoms with Gasteiger partial charge in [0.1, 0.15) is 0 Å². The molecule has 1 heteroatoms. The first-order chi connectivity index (χ1) is 4.31. The zero-order chi connectivity index (χ0) is 7.11. The minimum atomic E-state index is 0.906. The summed E-state index contributed by atoms with van der Waals surface area (Å²) in [7, 11) is 1.67. The van der Waals surface area contributed by atoms with Crippen molar-refractivity contribution in [1.82, 2.24) is 0 Å². The molecular formula is C8H16O. The van der Waals surface area contributed by atoms with Crippen LogP contribution < -0.4 is 0 Å². The molecule has 0 amide bonds. The van der Waals surface area contributed by atoms with E-state index in [9.17, 15) is 0 Å². The monoisotopic (exact) mass is 128 g/mol. The van der Waals surface area contributed by atoms with Gasteiger partial charge in [-0.15, -0.1) is 0 Å². The van der Waals surface area contributed by atoms with Crippen LogP contribution in [0.1, 0.15) is 32.6 Å². The second-order valence-electron chi connectivity index (χ2n) is 2.20. The number of hydrogen-bond acceptors (Lipinski definition) is 1. The molecule has 0 bridgehead atoms. The maximum atomic E-state index is 4.90. The number of ether oxygens (including phenoxy) is 1. The lowest BCUT2D eigenvalue weighted by Gasteiger charge is -2.01. The molecule has 0 heterocycles. The van der Waals surface area contributed by atoms with Gasteiger partial charge in [0.25, 0.3) is 0 Å². The Morgan fingerprint density at radius 2 is 2.11 bits per heavy atom. The highest BCUT2D eigenvalue weighted by molar-refractivity contribution is 4.80. The minimum Gasteiger partial charge on any atom is -0.502 e. The SMILES string of the molecule is C=C(CCCCC)OC. The third-order valence-corrected chi connectivity index (χ3v) is 1.35. The Hall–Kier alpha value is -0.460. The summed E-state index contributed by atoms with van der Waals surface area (Å²) in [5.41, 5.74) is 0. The van der Waals surface area contributed by atoms with Crippen molar-refractivity contribution in [3.8, 4) is 0 Å². The number of rotatable bonds is 5. The first kappa shape index (κ1) is 8.54. The van der Waals surface area contributed by atoms with Gasteiger partial charge in [0, 0.05) is 6.42 Å². The van der Waals surface area contributed by atoms with E-state index in [0.29, 0.717) is 0 Å². The van der Waals surface area contributed by atoms with Crippen molar-refractivity contribution in [2.75, 3.05) is 7.11 Å². The molecule has 0 aromatic heterocycles. The van der Waals surface area contributed by atoms with Crippen LogP contribution in [0.5, 0.6) is 0 Å². The van der Waals surface area contributed by atoms with E-state index in [1.807, 2.05) is 0 Å². The zero-order valence-corrected chi connectivity index (χ0v) is 6.44. The Morgan fingerprint density at radius 3 is 2.56 bits per heavy atom. The molecule has 0 saturated heterocycles. The smallest absolute Gasteiger partial charge is 0.0883 e. The molecular weight excluding hydrogens is 112 g/mol. The van der Waals surface area contributed by atoms with Gasteiger partial charge in [0.2, 0.25) is 0 Å². The second kappa shape index (κ2) is 5.67. The maximum absolute atomic E-state index is 4.90. The molecule has 9 heavy (non-hydrogen) atoms. The van der Waals surface area contributed by atoms with E-state index in [-0.39, 0.29) is 0 Å². The quantitative estimate of drug-likeness (QED) is 0.408. The lowest BCUT2D eigenvalue weighted by molar-refractivity contribution is 0.276. The summed E-state index contributed by atoms with van der Waals surface area (Å²) < 4.78 is 4.90. The highest BCUT2D eigenvalue weighted by Crippen LogP contribution is 2.06. The molecule has 0 aliphatic heterocycles. The Bertz CT molecular complexity index is 76.6. The van der Waals surface area contributed by atoms with Gasteiger partial charge < -0.3 is 4.74 Å². The van der Waals surface area contributed by atoms with Crippen LogP contribution in [0.3, 0.4) is 0 Å². The van der Waals surface area contributed by atoms with Crippen LogP contribution >= 0.6 is 0 Å². The molecule has 0 rings (SSSR count). The normalized spacial score (nSPS) is 9.11. The van der Waals surface area contributed by atoms with Gasteiger partial charge in [0.15, 0.2) is 0 Å². The minimum absolute atomic E-state index is 0.906. The van der Waals surface area contributed by atoms with Gasteiger partial charge in [-0.2, -0.15) is 0 Å². The highest BCUT2D eigenvalue weighted by atomic mass is 16.5. The summed E-state index contributed by atoms with van der Waals surface area (Å²) in [5.74, 6) is 0.906. The van der Waals surface area contributed by atoms with Crippen LogP contribution in [0.2, 0.25) is 0 Å². The average Bonchev–Trinajstić information content (AvgIpc) is 1.89. The van der Waals surface area contributed by atoms with Gasteiger partial charge in [0.05, 0.1) is 12.9 Å². The number of unbranched alkanes of at least 4 members (excludes halogenated alkanes) is 2. The van der Waals surface area contributed by atoms with Crippen LogP contribution in [0.15, 0.2) is 12.3 Å². The molecule has 54 valence electrons. The number of allylic oxidation sites excluding steroid dienone is 1. The van der Waals surface area contributed by atoms with Gasteiger partial charge in [-0.1, -0.05) is 26.3 Å². The van der Waals surface area contributed by atoms with E-state index in [4.69, 9.17) is 4.74 Å². The molecule has 0 unspecified atom stereocenters. The van der Waals surface area contributed by atoms with Crippen LogP contribution in [0.25, 0.3) is 0 Å². The molecule has 0 N–H and O–H groups in total. The summed E-state index contributed by atoms with van der Waals surface area (Å²) in [6.07, 6.45) is 4.77. The molecule has 0 aliphatic rings. The van der Waals surface area contributed by atoms with Crippen LogP contribution in [-0.2, 0) is 4.74 Å². The van der Waals surface area contributed by atoms with E-state index in [0.717, 1.165) is 12.2 Å². The van der Waals surface area contributed by atoms with Gasteiger partial charge in [-0.05, 0) is 6.42 Å². The average molecular weight is 128 g/mol. The van der Waals surface area contributed by atoms with E-state index < -0.39 is 0 Å². The Balaban J connectivity index is 2.97. The maximum Gasteiger partial charge on any atom is 0.0883 e. The van der Waals surface area contributed by atoms with Crippen molar-refractivity contribution in [1.29, 1.82) is 0 Å². The van der Waals surface area contributed by atoms with Crippen molar-refractivity contribution in [3.05, 3.63) is 12.3 Å². The molecule has 1 nitrogen and oxygen atoms in total. The van der Waals surface area contributed by atoms with E-state index >= 15 is 0 Å². The summed E-state index contributed by atoms with van der Waals surface area (Å²) >= 11 is 0. The van der Waals surface area contributed by atoms with Crippen molar-refractivity contribution in [2.24, 2.45) is 0 Å². The largest absolute Gasteiger partial charge is 0.502 e. The molecule has 0 fully saturated rings. The van der Waals surface area contributed by atoms with Crippen LogP contribution in [0.4, 0.5) is 0 Å². The molecule has 0 atom stereocenters. The van der Waals surface area contributed by atoms with E-state index in [1.165, 1.54) is 19.3 Å². The Kier molecular flexibility index (Phi) is 5.38. The van der Waals surface area contributed by atoms with E-state index in [2.05, 4.69) is 13.5 Å². The second-order valence-corrected chi connectivity index (χ2v) is 2.20. The highest BCUT2D eigenvalue weighted by Gasteiger charge is 1.89. The summed E-state index contributed by atoms with van der Waals surface area (Å²) in [5, 5.41) is 0. The van der Waals surface area contributed by atoms with Crippen molar-refractivity contribution >= 4 is 0 Å². The zero-order valence-electron chi connectivity index (χ0n) is 6.44. The fourth-order valence-corrected chi connectivity index (χ4v) is 0.674. The molecule has 0 radical (unpaired) electrons. The molecule has 0 aromatic rings.